The average molecular weight is 390 g/mol. The van der Waals surface area contributed by atoms with Crippen LogP contribution in [-0.2, 0) is 0 Å². The average Bonchev–Trinajstić information content (AvgIpc) is 3.03. The molecule has 24 heavy (non-hydrogen) atoms. The molecular weight excluding hydrogens is 377 g/mol. The van der Waals surface area contributed by atoms with Crippen LogP contribution in [0.1, 0.15) is 15.7 Å². The molecule has 1 aliphatic heterocycles. The standard InChI is InChI=1S/C19H13Cl2NS2/c20-12-7-8-13(14(21)10-12)19-11-16(17-6-3-9-23-17)22-15-4-1-2-5-18(15)24-19/h1-11,19,22H. The van der Waals surface area contributed by atoms with Crippen molar-refractivity contribution in [3.63, 3.8) is 0 Å². The van der Waals surface area contributed by atoms with Crippen LogP contribution in [0.5, 0.6) is 0 Å². The van der Waals surface area contributed by atoms with Crippen molar-refractivity contribution in [1.29, 1.82) is 0 Å². The highest BCUT2D eigenvalue weighted by Gasteiger charge is 2.21. The van der Waals surface area contributed by atoms with Crippen LogP contribution < -0.4 is 5.32 Å². The van der Waals surface area contributed by atoms with Crippen LogP contribution in [0, 0.1) is 0 Å². The molecule has 120 valence electrons. The minimum absolute atomic E-state index is 0.114. The molecule has 1 unspecified atom stereocenters. The van der Waals surface area contributed by atoms with Crippen molar-refractivity contribution in [3.8, 4) is 0 Å². The Bertz CT molecular complexity index is 903. The van der Waals surface area contributed by atoms with E-state index in [9.17, 15) is 0 Å². The first-order valence-corrected chi connectivity index (χ1v) is 9.95. The summed E-state index contributed by atoms with van der Waals surface area (Å²) in [6.07, 6.45) is 2.24. The molecule has 2 aromatic carbocycles. The Hall–Kier alpha value is -1.39. The number of rotatable bonds is 2. The molecule has 0 amide bonds. The monoisotopic (exact) mass is 389 g/mol. The molecule has 1 aromatic heterocycles. The van der Waals surface area contributed by atoms with Gasteiger partial charge in [-0.2, -0.15) is 0 Å². The molecule has 1 atom stereocenters. The summed E-state index contributed by atoms with van der Waals surface area (Å²) in [5.41, 5.74) is 3.30. The number of fused-ring (bicyclic) bond motifs is 1. The van der Waals surface area contributed by atoms with Gasteiger partial charge in [0.1, 0.15) is 0 Å². The number of thiophene rings is 1. The lowest BCUT2D eigenvalue weighted by atomic mass is 10.1. The predicted octanol–water partition coefficient (Wildman–Crippen LogP) is 7.35. The lowest BCUT2D eigenvalue weighted by Crippen LogP contribution is -1.97. The van der Waals surface area contributed by atoms with E-state index < -0.39 is 0 Å². The molecule has 0 radical (unpaired) electrons. The summed E-state index contributed by atoms with van der Waals surface area (Å²) in [7, 11) is 0. The molecule has 0 saturated carbocycles. The third-order valence-corrected chi connectivity index (χ3v) is 6.50. The minimum Gasteiger partial charge on any atom is -0.354 e. The summed E-state index contributed by atoms with van der Waals surface area (Å²) in [6.45, 7) is 0. The van der Waals surface area contributed by atoms with E-state index in [2.05, 4.69) is 47.1 Å². The number of para-hydroxylation sites is 1. The van der Waals surface area contributed by atoms with Gasteiger partial charge >= 0.3 is 0 Å². The van der Waals surface area contributed by atoms with Crippen molar-refractivity contribution in [1.82, 2.24) is 0 Å². The Morgan fingerprint density at radius 2 is 1.83 bits per heavy atom. The van der Waals surface area contributed by atoms with E-state index >= 15 is 0 Å². The lowest BCUT2D eigenvalue weighted by molar-refractivity contribution is 1.23. The third kappa shape index (κ3) is 3.22. The summed E-state index contributed by atoms with van der Waals surface area (Å²) in [5, 5.41) is 7.13. The van der Waals surface area contributed by atoms with Crippen molar-refractivity contribution in [2.45, 2.75) is 10.1 Å². The number of thioether (sulfide) groups is 1. The number of nitrogens with one attached hydrogen (secondary N) is 1. The smallest absolute Gasteiger partial charge is 0.0563 e. The molecular formula is C19H13Cl2NS2. The predicted molar refractivity (Wildman–Crippen MR) is 107 cm³/mol. The van der Waals surface area contributed by atoms with Gasteiger partial charge in [-0.05, 0) is 47.4 Å². The second kappa shape index (κ2) is 6.85. The zero-order valence-electron chi connectivity index (χ0n) is 12.5. The van der Waals surface area contributed by atoms with E-state index in [4.69, 9.17) is 23.2 Å². The summed E-state index contributed by atoms with van der Waals surface area (Å²) in [5.74, 6) is 0. The first kappa shape index (κ1) is 16.1. The first-order valence-electron chi connectivity index (χ1n) is 7.44. The molecule has 1 aliphatic rings. The van der Waals surface area contributed by atoms with E-state index in [1.165, 1.54) is 9.77 Å². The van der Waals surface area contributed by atoms with Gasteiger partial charge in [-0.1, -0.05) is 47.5 Å². The summed E-state index contributed by atoms with van der Waals surface area (Å²) in [4.78, 5) is 2.42. The van der Waals surface area contributed by atoms with Gasteiger partial charge in [0, 0.05) is 14.9 Å². The van der Waals surface area contributed by atoms with E-state index in [0.717, 1.165) is 16.9 Å². The van der Waals surface area contributed by atoms with Crippen LogP contribution in [0.15, 0.2) is 70.9 Å². The van der Waals surface area contributed by atoms with E-state index in [1.54, 1.807) is 23.1 Å². The molecule has 3 aromatic rings. The Labute approximate surface area is 159 Å². The molecule has 0 saturated heterocycles. The normalized spacial score (nSPS) is 16.8. The first-order chi connectivity index (χ1) is 11.7. The largest absolute Gasteiger partial charge is 0.354 e. The van der Waals surface area contributed by atoms with Crippen LogP contribution >= 0.6 is 46.3 Å². The van der Waals surface area contributed by atoms with Crippen LogP contribution in [0.4, 0.5) is 5.69 Å². The van der Waals surface area contributed by atoms with Crippen molar-refractivity contribution < 1.29 is 0 Å². The second-order valence-electron chi connectivity index (χ2n) is 5.38. The molecule has 4 rings (SSSR count). The lowest BCUT2D eigenvalue weighted by Gasteiger charge is -2.14. The van der Waals surface area contributed by atoms with Gasteiger partial charge < -0.3 is 5.32 Å². The van der Waals surface area contributed by atoms with Gasteiger partial charge in [-0.3, -0.25) is 0 Å². The number of hydrogen-bond donors (Lipinski definition) is 1. The van der Waals surface area contributed by atoms with E-state index in [-0.39, 0.29) is 5.25 Å². The molecule has 0 bridgehead atoms. The maximum atomic E-state index is 6.47. The Balaban J connectivity index is 1.84. The maximum Gasteiger partial charge on any atom is 0.0563 e. The Kier molecular flexibility index (Phi) is 4.59. The Morgan fingerprint density at radius 1 is 0.958 bits per heavy atom. The number of halogens is 2. The van der Waals surface area contributed by atoms with Crippen molar-refractivity contribution >= 4 is 57.7 Å². The van der Waals surface area contributed by atoms with Crippen LogP contribution in [0.2, 0.25) is 10.0 Å². The van der Waals surface area contributed by atoms with Crippen LogP contribution in [0.25, 0.3) is 5.70 Å². The number of benzene rings is 2. The molecule has 0 spiro atoms. The fraction of sp³-hybridized carbons (Fsp3) is 0.0526. The zero-order chi connectivity index (χ0) is 16.5. The van der Waals surface area contributed by atoms with Gasteiger partial charge in [0.25, 0.3) is 0 Å². The van der Waals surface area contributed by atoms with Crippen molar-refractivity contribution in [3.05, 3.63) is 86.5 Å². The van der Waals surface area contributed by atoms with Crippen LogP contribution in [0.3, 0.4) is 0 Å². The molecule has 0 aliphatic carbocycles. The summed E-state index contributed by atoms with van der Waals surface area (Å²) in [6, 6.07) is 18.3. The highest BCUT2D eigenvalue weighted by Crippen LogP contribution is 2.46. The highest BCUT2D eigenvalue weighted by molar-refractivity contribution is 7.99. The number of anilines is 1. The maximum absolute atomic E-state index is 6.47. The molecule has 0 fully saturated rings. The number of hydrogen-bond acceptors (Lipinski definition) is 3. The quantitative estimate of drug-likeness (QED) is 0.491. The summed E-state index contributed by atoms with van der Waals surface area (Å²) < 4.78 is 0. The van der Waals surface area contributed by atoms with Crippen molar-refractivity contribution in [2.75, 3.05) is 5.32 Å². The van der Waals surface area contributed by atoms with Gasteiger partial charge in [0.15, 0.2) is 0 Å². The van der Waals surface area contributed by atoms with E-state index in [0.29, 0.717) is 10.0 Å². The van der Waals surface area contributed by atoms with Gasteiger partial charge in [-0.25, -0.2) is 0 Å². The topological polar surface area (TPSA) is 12.0 Å². The van der Waals surface area contributed by atoms with Crippen LogP contribution in [-0.4, -0.2) is 0 Å². The second-order valence-corrected chi connectivity index (χ2v) is 8.36. The SMILES string of the molecule is Clc1ccc(C2C=C(c3cccs3)Nc3ccccc3S2)c(Cl)c1. The molecule has 2 heterocycles. The van der Waals surface area contributed by atoms with Gasteiger partial charge in [0.2, 0.25) is 0 Å². The fourth-order valence-electron chi connectivity index (χ4n) is 2.64. The zero-order valence-corrected chi connectivity index (χ0v) is 15.6. The van der Waals surface area contributed by atoms with Gasteiger partial charge in [0.05, 0.1) is 21.5 Å². The highest BCUT2D eigenvalue weighted by atomic mass is 35.5. The summed E-state index contributed by atoms with van der Waals surface area (Å²) >= 11 is 16.0. The molecule has 5 heteroatoms. The Morgan fingerprint density at radius 3 is 2.62 bits per heavy atom. The van der Waals surface area contributed by atoms with Crippen molar-refractivity contribution in [2.24, 2.45) is 0 Å². The molecule has 1 nitrogen and oxygen atoms in total. The fourth-order valence-corrected chi connectivity index (χ4v) is 5.15. The van der Waals surface area contributed by atoms with E-state index in [1.807, 2.05) is 24.3 Å². The van der Waals surface area contributed by atoms with Gasteiger partial charge in [-0.15, -0.1) is 23.1 Å². The molecule has 1 N–H and O–H groups in total. The minimum atomic E-state index is 0.114. The third-order valence-electron chi connectivity index (χ3n) is 3.78.